The van der Waals surface area contributed by atoms with Crippen LogP contribution in [-0.4, -0.2) is 53.2 Å². The zero-order valence-corrected chi connectivity index (χ0v) is 13.2. The van der Waals surface area contributed by atoms with Crippen LogP contribution < -0.4 is 0 Å². The Labute approximate surface area is 127 Å². The molecule has 20 heavy (non-hydrogen) atoms. The molecule has 0 spiro atoms. The number of piperazine rings is 1. The van der Waals surface area contributed by atoms with Gasteiger partial charge in [-0.25, -0.2) is 0 Å². The van der Waals surface area contributed by atoms with Crippen LogP contribution in [0.4, 0.5) is 0 Å². The van der Waals surface area contributed by atoms with E-state index in [1.807, 2.05) is 18.2 Å². The average molecular weight is 297 g/mol. The summed E-state index contributed by atoms with van der Waals surface area (Å²) in [6.45, 7) is 8.74. The minimum Gasteiger partial charge on any atom is -0.396 e. The van der Waals surface area contributed by atoms with Gasteiger partial charge >= 0.3 is 0 Å². The first-order valence-corrected chi connectivity index (χ1v) is 7.82. The Balaban J connectivity index is 1.99. The van der Waals surface area contributed by atoms with Gasteiger partial charge in [0.15, 0.2) is 0 Å². The Bertz CT molecular complexity index is 425. The summed E-state index contributed by atoms with van der Waals surface area (Å²) in [6, 6.07) is 9.03. The molecule has 1 aliphatic heterocycles. The fraction of sp³-hybridized carbons (Fsp3) is 0.625. The average Bonchev–Trinajstić information content (AvgIpc) is 2.42. The fourth-order valence-electron chi connectivity index (χ4n) is 3.03. The summed E-state index contributed by atoms with van der Waals surface area (Å²) < 4.78 is 0. The first kappa shape index (κ1) is 15.8. The summed E-state index contributed by atoms with van der Waals surface area (Å²) in [5.74, 6) is 0. The highest BCUT2D eigenvalue weighted by molar-refractivity contribution is 6.31. The summed E-state index contributed by atoms with van der Waals surface area (Å²) in [5.41, 5.74) is 1.19. The van der Waals surface area contributed by atoms with E-state index in [4.69, 9.17) is 11.6 Å². The van der Waals surface area contributed by atoms with E-state index in [9.17, 15) is 5.11 Å². The van der Waals surface area contributed by atoms with Crippen molar-refractivity contribution in [3.63, 3.8) is 0 Å². The first-order chi connectivity index (χ1) is 9.61. The molecular weight excluding hydrogens is 272 g/mol. The lowest BCUT2D eigenvalue weighted by molar-refractivity contribution is 0.0349. The molecule has 1 fully saturated rings. The molecule has 1 heterocycles. The van der Waals surface area contributed by atoms with E-state index in [0.717, 1.165) is 37.6 Å². The maximum atomic E-state index is 9.27. The standard InChI is InChI=1S/C16H25ClN2O/c1-13(2)19-9-8-18(12-15(19)7-10-20)11-14-5-3-4-6-16(14)17/h3-6,13,15,20H,7-12H2,1-2H3/t15-/m0/s1. The van der Waals surface area contributed by atoms with Gasteiger partial charge in [-0.2, -0.15) is 0 Å². The number of aliphatic hydroxyl groups is 1. The zero-order chi connectivity index (χ0) is 14.5. The predicted molar refractivity (Wildman–Crippen MR) is 84.1 cm³/mol. The number of rotatable bonds is 5. The Hall–Kier alpha value is -0.610. The molecule has 4 heteroatoms. The fourth-order valence-corrected chi connectivity index (χ4v) is 3.23. The Morgan fingerprint density at radius 2 is 2.05 bits per heavy atom. The lowest BCUT2D eigenvalue weighted by Gasteiger charge is -2.43. The van der Waals surface area contributed by atoms with Crippen LogP contribution in [0.3, 0.4) is 0 Å². The molecule has 0 saturated carbocycles. The van der Waals surface area contributed by atoms with Gasteiger partial charge in [0.1, 0.15) is 0 Å². The summed E-state index contributed by atoms with van der Waals surface area (Å²) in [6.07, 6.45) is 0.844. The molecule has 2 rings (SSSR count). The lowest BCUT2D eigenvalue weighted by Crippen LogP contribution is -2.55. The Morgan fingerprint density at radius 3 is 2.70 bits per heavy atom. The van der Waals surface area contributed by atoms with Crippen LogP contribution in [0, 0.1) is 0 Å². The van der Waals surface area contributed by atoms with Crippen LogP contribution in [0.2, 0.25) is 5.02 Å². The van der Waals surface area contributed by atoms with Crippen molar-refractivity contribution in [1.82, 2.24) is 9.80 Å². The van der Waals surface area contributed by atoms with Crippen LogP contribution in [0.25, 0.3) is 0 Å². The van der Waals surface area contributed by atoms with Crippen molar-refractivity contribution in [1.29, 1.82) is 0 Å². The molecule has 0 aliphatic carbocycles. The third-order valence-electron chi connectivity index (χ3n) is 4.09. The van der Waals surface area contributed by atoms with Gasteiger partial charge in [-0.15, -0.1) is 0 Å². The molecule has 1 aromatic rings. The SMILES string of the molecule is CC(C)N1CCN(Cc2ccccc2Cl)C[C@@H]1CCO. The van der Waals surface area contributed by atoms with E-state index in [1.54, 1.807) is 0 Å². The first-order valence-electron chi connectivity index (χ1n) is 7.44. The highest BCUT2D eigenvalue weighted by Gasteiger charge is 2.28. The smallest absolute Gasteiger partial charge is 0.0451 e. The molecular formula is C16H25ClN2O. The normalized spacial score (nSPS) is 21.6. The molecule has 112 valence electrons. The van der Waals surface area contributed by atoms with Crippen LogP contribution in [-0.2, 0) is 6.54 Å². The summed E-state index contributed by atoms with van der Waals surface area (Å²) in [5, 5.41) is 10.1. The third-order valence-corrected chi connectivity index (χ3v) is 4.46. The van der Waals surface area contributed by atoms with Gasteiger partial charge in [-0.3, -0.25) is 9.80 Å². The lowest BCUT2D eigenvalue weighted by atomic mass is 10.1. The largest absolute Gasteiger partial charge is 0.396 e. The Kier molecular flexibility index (Phi) is 5.85. The van der Waals surface area contributed by atoms with Crippen LogP contribution in [0.15, 0.2) is 24.3 Å². The molecule has 1 atom stereocenters. The highest BCUT2D eigenvalue weighted by atomic mass is 35.5. The van der Waals surface area contributed by atoms with E-state index in [0.29, 0.717) is 12.1 Å². The quantitative estimate of drug-likeness (QED) is 0.905. The van der Waals surface area contributed by atoms with Gasteiger partial charge < -0.3 is 5.11 Å². The van der Waals surface area contributed by atoms with Gasteiger partial charge in [0.05, 0.1) is 0 Å². The third kappa shape index (κ3) is 3.95. The zero-order valence-electron chi connectivity index (χ0n) is 12.4. The number of halogens is 1. The maximum absolute atomic E-state index is 9.27. The second kappa shape index (κ2) is 7.41. The van der Waals surface area contributed by atoms with Crippen LogP contribution >= 0.6 is 11.6 Å². The number of benzene rings is 1. The number of nitrogens with zero attached hydrogens (tertiary/aromatic N) is 2. The number of aliphatic hydroxyl groups excluding tert-OH is 1. The van der Waals surface area contributed by atoms with Crippen LogP contribution in [0.1, 0.15) is 25.8 Å². The van der Waals surface area contributed by atoms with Crippen molar-refractivity contribution in [2.45, 2.75) is 38.9 Å². The van der Waals surface area contributed by atoms with Crippen LogP contribution in [0.5, 0.6) is 0 Å². The minimum absolute atomic E-state index is 0.258. The molecule has 1 saturated heterocycles. The van der Waals surface area contributed by atoms with Crippen molar-refractivity contribution in [2.24, 2.45) is 0 Å². The summed E-state index contributed by atoms with van der Waals surface area (Å²) in [4.78, 5) is 4.94. The van der Waals surface area contributed by atoms with E-state index < -0.39 is 0 Å². The van der Waals surface area contributed by atoms with Crippen molar-refractivity contribution in [2.75, 3.05) is 26.2 Å². The monoisotopic (exact) mass is 296 g/mol. The summed E-state index contributed by atoms with van der Waals surface area (Å²) in [7, 11) is 0. The van der Waals surface area contributed by atoms with Gasteiger partial charge in [0.2, 0.25) is 0 Å². The molecule has 0 amide bonds. The second-order valence-corrected chi connectivity index (χ2v) is 6.23. The van der Waals surface area contributed by atoms with E-state index in [2.05, 4.69) is 29.7 Å². The van der Waals surface area contributed by atoms with Crippen molar-refractivity contribution >= 4 is 11.6 Å². The van der Waals surface area contributed by atoms with Crippen molar-refractivity contribution < 1.29 is 5.11 Å². The second-order valence-electron chi connectivity index (χ2n) is 5.82. The molecule has 1 aliphatic rings. The minimum atomic E-state index is 0.258. The predicted octanol–water partition coefficient (Wildman–Crippen LogP) is 2.62. The topological polar surface area (TPSA) is 26.7 Å². The molecule has 0 bridgehead atoms. The molecule has 3 nitrogen and oxygen atoms in total. The van der Waals surface area contributed by atoms with Crippen molar-refractivity contribution in [3.05, 3.63) is 34.9 Å². The molecule has 0 radical (unpaired) electrons. The van der Waals surface area contributed by atoms with Gasteiger partial charge in [0, 0.05) is 49.9 Å². The van der Waals surface area contributed by atoms with Gasteiger partial charge in [-0.05, 0) is 31.9 Å². The van der Waals surface area contributed by atoms with E-state index in [-0.39, 0.29) is 6.61 Å². The highest BCUT2D eigenvalue weighted by Crippen LogP contribution is 2.21. The molecule has 1 aromatic carbocycles. The maximum Gasteiger partial charge on any atom is 0.0451 e. The van der Waals surface area contributed by atoms with Crippen molar-refractivity contribution in [3.8, 4) is 0 Å². The molecule has 0 aromatic heterocycles. The van der Waals surface area contributed by atoms with E-state index in [1.165, 1.54) is 5.56 Å². The van der Waals surface area contributed by atoms with Gasteiger partial charge in [0.25, 0.3) is 0 Å². The molecule has 1 N–H and O–H groups in total. The Morgan fingerprint density at radius 1 is 1.30 bits per heavy atom. The van der Waals surface area contributed by atoms with E-state index >= 15 is 0 Å². The molecule has 0 unspecified atom stereocenters. The van der Waals surface area contributed by atoms with Gasteiger partial charge in [-0.1, -0.05) is 29.8 Å². The summed E-state index contributed by atoms with van der Waals surface area (Å²) >= 11 is 6.24. The number of hydrogen-bond acceptors (Lipinski definition) is 3. The number of hydrogen-bond donors (Lipinski definition) is 1.